The third kappa shape index (κ3) is 2.04. The van der Waals surface area contributed by atoms with Gasteiger partial charge >= 0.3 is 0 Å². The average Bonchev–Trinajstić information content (AvgIpc) is 2.58. The van der Waals surface area contributed by atoms with Gasteiger partial charge in [0.05, 0.1) is 12.1 Å². The summed E-state index contributed by atoms with van der Waals surface area (Å²) in [6, 6.07) is 2.13. The van der Waals surface area contributed by atoms with Gasteiger partial charge in [0.1, 0.15) is 0 Å². The summed E-state index contributed by atoms with van der Waals surface area (Å²) in [5, 5.41) is 4.10. The van der Waals surface area contributed by atoms with E-state index >= 15 is 0 Å². The summed E-state index contributed by atoms with van der Waals surface area (Å²) in [5.74, 6) is 5.42. The van der Waals surface area contributed by atoms with Crippen molar-refractivity contribution in [1.29, 1.82) is 0 Å². The van der Waals surface area contributed by atoms with Gasteiger partial charge in [0.15, 0.2) is 0 Å². The van der Waals surface area contributed by atoms with E-state index in [4.69, 9.17) is 10.6 Å². The maximum atomic E-state index is 5.42. The van der Waals surface area contributed by atoms with Crippen LogP contribution in [0.5, 0.6) is 0 Å². The minimum atomic E-state index is 0.0845. The summed E-state index contributed by atoms with van der Waals surface area (Å²) in [7, 11) is 1.68. The van der Waals surface area contributed by atoms with Crippen LogP contribution in [0.15, 0.2) is 16.8 Å². The lowest BCUT2D eigenvalue weighted by Crippen LogP contribution is -2.35. The number of hydrazine groups is 1. The van der Waals surface area contributed by atoms with E-state index in [-0.39, 0.29) is 12.1 Å². The van der Waals surface area contributed by atoms with Crippen molar-refractivity contribution in [2.24, 2.45) is 5.84 Å². The zero-order chi connectivity index (χ0) is 8.97. The summed E-state index contributed by atoms with van der Waals surface area (Å²) in [6.45, 7) is 1.99. The Kier molecular flexibility index (Phi) is 3.68. The zero-order valence-electron chi connectivity index (χ0n) is 7.28. The molecule has 0 radical (unpaired) electrons. The van der Waals surface area contributed by atoms with Gasteiger partial charge in [-0.05, 0) is 29.3 Å². The summed E-state index contributed by atoms with van der Waals surface area (Å²) >= 11 is 1.66. The van der Waals surface area contributed by atoms with Crippen molar-refractivity contribution in [2.45, 2.75) is 19.1 Å². The number of ether oxygens (including phenoxy) is 1. The molecule has 0 amide bonds. The largest absolute Gasteiger partial charge is 0.380 e. The van der Waals surface area contributed by atoms with E-state index < -0.39 is 0 Å². The number of hydrogen-bond donors (Lipinski definition) is 2. The van der Waals surface area contributed by atoms with E-state index in [9.17, 15) is 0 Å². The molecule has 0 aliphatic heterocycles. The maximum Gasteiger partial charge on any atom is 0.0751 e. The van der Waals surface area contributed by atoms with Gasteiger partial charge in [-0.25, -0.2) is 0 Å². The summed E-state index contributed by atoms with van der Waals surface area (Å²) in [4.78, 5) is 0. The molecule has 1 rings (SSSR count). The second-order valence-electron chi connectivity index (χ2n) is 2.64. The Bertz CT molecular complexity index is 213. The molecule has 0 saturated heterocycles. The highest BCUT2D eigenvalue weighted by Crippen LogP contribution is 2.20. The fraction of sp³-hybridized carbons (Fsp3) is 0.500. The van der Waals surface area contributed by atoms with E-state index in [2.05, 4.69) is 10.8 Å². The fourth-order valence-corrected chi connectivity index (χ4v) is 1.79. The smallest absolute Gasteiger partial charge is 0.0751 e. The third-order valence-electron chi connectivity index (χ3n) is 1.92. The molecule has 68 valence electrons. The molecular formula is C8H14N2OS. The monoisotopic (exact) mass is 186 g/mol. The molecule has 3 N–H and O–H groups in total. The van der Waals surface area contributed by atoms with Gasteiger partial charge in [0, 0.05) is 7.11 Å². The zero-order valence-corrected chi connectivity index (χ0v) is 8.10. The van der Waals surface area contributed by atoms with E-state index in [0.29, 0.717) is 0 Å². The van der Waals surface area contributed by atoms with Gasteiger partial charge < -0.3 is 4.74 Å². The number of thiophene rings is 1. The van der Waals surface area contributed by atoms with Gasteiger partial charge in [-0.1, -0.05) is 0 Å². The van der Waals surface area contributed by atoms with Crippen molar-refractivity contribution in [3.05, 3.63) is 22.4 Å². The lowest BCUT2D eigenvalue weighted by molar-refractivity contribution is 0.0832. The Morgan fingerprint density at radius 2 is 2.42 bits per heavy atom. The lowest BCUT2D eigenvalue weighted by Gasteiger charge is -2.20. The first kappa shape index (κ1) is 9.67. The molecule has 12 heavy (non-hydrogen) atoms. The molecule has 0 fully saturated rings. The van der Waals surface area contributed by atoms with Crippen LogP contribution in [-0.2, 0) is 4.74 Å². The van der Waals surface area contributed by atoms with Crippen LogP contribution in [0.25, 0.3) is 0 Å². The van der Waals surface area contributed by atoms with E-state index in [1.54, 1.807) is 18.4 Å². The maximum absolute atomic E-state index is 5.42. The van der Waals surface area contributed by atoms with Gasteiger partial charge in [-0.3, -0.25) is 11.3 Å². The number of nitrogens with two attached hydrogens (primary N) is 1. The van der Waals surface area contributed by atoms with Crippen molar-refractivity contribution in [1.82, 2.24) is 5.43 Å². The first-order valence-electron chi connectivity index (χ1n) is 3.80. The van der Waals surface area contributed by atoms with Crippen molar-refractivity contribution in [3.8, 4) is 0 Å². The molecule has 0 bridgehead atoms. The van der Waals surface area contributed by atoms with Crippen molar-refractivity contribution >= 4 is 11.3 Å². The summed E-state index contributed by atoms with van der Waals surface area (Å²) in [6.07, 6.45) is 0.0876. The molecule has 0 aromatic carbocycles. The molecule has 2 atom stereocenters. The van der Waals surface area contributed by atoms with Crippen LogP contribution in [0.1, 0.15) is 18.5 Å². The van der Waals surface area contributed by atoms with E-state index in [1.165, 1.54) is 5.56 Å². The van der Waals surface area contributed by atoms with E-state index in [0.717, 1.165) is 0 Å². The lowest BCUT2D eigenvalue weighted by atomic mass is 10.1. The first-order valence-corrected chi connectivity index (χ1v) is 4.75. The van der Waals surface area contributed by atoms with Crippen molar-refractivity contribution < 1.29 is 4.74 Å². The molecule has 0 aliphatic rings. The minimum Gasteiger partial charge on any atom is -0.380 e. The molecule has 1 aromatic heterocycles. The van der Waals surface area contributed by atoms with Crippen molar-refractivity contribution in [2.75, 3.05) is 7.11 Å². The fourth-order valence-electron chi connectivity index (χ4n) is 1.09. The average molecular weight is 186 g/mol. The van der Waals surface area contributed by atoms with Crippen molar-refractivity contribution in [3.63, 3.8) is 0 Å². The second-order valence-corrected chi connectivity index (χ2v) is 3.42. The van der Waals surface area contributed by atoms with Crippen LogP contribution >= 0.6 is 11.3 Å². The van der Waals surface area contributed by atoms with Crippen LogP contribution in [0.3, 0.4) is 0 Å². The van der Waals surface area contributed by atoms with E-state index in [1.807, 2.05) is 18.4 Å². The van der Waals surface area contributed by atoms with Crippen LogP contribution in [0.4, 0.5) is 0 Å². The quantitative estimate of drug-likeness (QED) is 0.550. The van der Waals surface area contributed by atoms with Gasteiger partial charge in [0.25, 0.3) is 0 Å². The highest BCUT2D eigenvalue weighted by atomic mass is 32.1. The Morgan fingerprint density at radius 1 is 1.67 bits per heavy atom. The number of rotatable bonds is 4. The predicted octanol–water partition coefficient (Wildman–Crippen LogP) is 1.29. The Morgan fingerprint density at radius 3 is 2.83 bits per heavy atom. The molecule has 0 spiro atoms. The summed E-state index contributed by atoms with van der Waals surface area (Å²) in [5.41, 5.74) is 3.91. The van der Waals surface area contributed by atoms with Crippen LogP contribution in [0.2, 0.25) is 0 Å². The predicted molar refractivity (Wildman–Crippen MR) is 50.9 cm³/mol. The molecule has 3 nitrogen and oxygen atoms in total. The Hall–Kier alpha value is -0.420. The third-order valence-corrected chi connectivity index (χ3v) is 2.62. The molecule has 0 saturated carbocycles. The Balaban J connectivity index is 2.69. The molecule has 0 aliphatic carbocycles. The number of hydrogen-bond acceptors (Lipinski definition) is 4. The number of methoxy groups -OCH3 is 1. The molecule has 4 heteroatoms. The Labute approximate surface area is 76.5 Å². The van der Waals surface area contributed by atoms with Crippen LogP contribution in [-0.4, -0.2) is 13.2 Å². The topological polar surface area (TPSA) is 47.3 Å². The van der Waals surface area contributed by atoms with Gasteiger partial charge in [0.2, 0.25) is 0 Å². The minimum absolute atomic E-state index is 0.0845. The molecule has 2 unspecified atom stereocenters. The van der Waals surface area contributed by atoms with Crippen LogP contribution in [0, 0.1) is 0 Å². The standard InChI is InChI=1S/C8H14N2OS/c1-6(11-2)8(10-9)7-3-4-12-5-7/h3-6,8,10H,9H2,1-2H3. The second kappa shape index (κ2) is 4.57. The summed E-state index contributed by atoms with van der Waals surface area (Å²) < 4.78 is 5.19. The SMILES string of the molecule is COC(C)C(NN)c1ccsc1. The van der Waals surface area contributed by atoms with Gasteiger partial charge in [-0.2, -0.15) is 11.3 Å². The molecule has 1 heterocycles. The first-order chi connectivity index (χ1) is 5.79. The highest BCUT2D eigenvalue weighted by molar-refractivity contribution is 7.07. The molecular weight excluding hydrogens is 172 g/mol. The van der Waals surface area contributed by atoms with Crippen LogP contribution < -0.4 is 11.3 Å². The normalized spacial score (nSPS) is 15.9. The van der Waals surface area contributed by atoms with Gasteiger partial charge in [-0.15, -0.1) is 0 Å². The number of nitrogens with one attached hydrogen (secondary N) is 1. The molecule has 1 aromatic rings. The highest BCUT2D eigenvalue weighted by Gasteiger charge is 2.17.